The van der Waals surface area contributed by atoms with Crippen molar-refractivity contribution >= 4 is 28.7 Å². The lowest BCUT2D eigenvalue weighted by molar-refractivity contribution is -0.385. The minimum Gasteiger partial charge on any atom is -0.465 e. The number of carboxylic acid groups (broad SMARTS) is 1. The van der Waals surface area contributed by atoms with Crippen LogP contribution < -0.4 is 0 Å². The number of thioether (sulfide) groups is 1. The maximum Gasteiger partial charge on any atom is 0.413 e. The Balaban J connectivity index is 2.23. The summed E-state index contributed by atoms with van der Waals surface area (Å²) in [5.74, 6) is 0.0573. The van der Waals surface area contributed by atoms with Gasteiger partial charge in [0.25, 0.3) is 5.69 Å². The molecule has 1 aliphatic heterocycles. The summed E-state index contributed by atoms with van der Waals surface area (Å²) in [5, 5.41) is 21.5. The van der Waals surface area contributed by atoms with Crippen LogP contribution in [0.15, 0.2) is 23.2 Å². The molecule has 1 aromatic carbocycles. The Morgan fingerprint density at radius 3 is 2.72 bits per heavy atom. The van der Waals surface area contributed by atoms with Crippen molar-refractivity contribution in [2.75, 3.05) is 5.75 Å². The number of non-ortho nitro benzene ring substituents is 1. The van der Waals surface area contributed by atoms with Gasteiger partial charge in [0.05, 0.1) is 10.5 Å². The monoisotopic (exact) mass is 423 g/mol. The van der Waals surface area contributed by atoms with E-state index in [1.807, 2.05) is 0 Å². The quantitative estimate of drug-likeness (QED) is 0.508. The van der Waals surface area contributed by atoms with Crippen LogP contribution in [0.1, 0.15) is 58.4 Å². The summed E-state index contributed by atoms with van der Waals surface area (Å²) in [4.78, 5) is 28.9. The van der Waals surface area contributed by atoms with Crippen LogP contribution in [0.4, 0.5) is 14.9 Å². The molecule has 1 heterocycles. The summed E-state index contributed by atoms with van der Waals surface area (Å²) < 4.78 is 15.0. The first-order chi connectivity index (χ1) is 13.6. The minimum atomic E-state index is -1.12. The van der Waals surface area contributed by atoms with Crippen molar-refractivity contribution in [3.05, 3.63) is 39.7 Å². The highest BCUT2D eigenvalue weighted by Crippen LogP contribution is 2.50. The summed E-state index contributed by atoms with van der Waals surface area (Å²) >= 11 is 1.37. The molecule has 9 heteroatoms. The van der Waals surface area contributed by atoms with Crippen molar-refractivity contribution in [2.45, 2.75) is 64.0 Å². The molecule has 2 atom stereocenters. The Morgan fingerprint density at radius 2 is 2.10 bits per heavy atom. The van der Waals surface area contributed by atoms with Crippen molar-refractivity contribution in [1.29, 1.82) is 0 Å². The summed E-state index contributed by atoms with van der Waals surface area (Å²) in [7, 11) is 0. The highest BCUT2D eigenvalue weighted by Gasteiger charge is 2.48. The average molecular weight is 424 g/mol. The molecule has 0 saturated heterocycles. The molecule has 0 spiro atoms. The maximum atomic E-state index is 15.0. The first kappa shape index (κ1) is 21.5. The molecule has 0 radical (unpaired) electrons. The van der Waals surface area contributed by atoms with Crippen molar-refractivity contribution in [3.8, 4) is 0 Å². The number of amides is 1. The summed E-state index contributed by atoms with van der Waals surface area (Å²) in [6.45, 7) is 5.35. The Labute approximate surface area is 173 Å². The number of hydrogen-bond donors (Lipinski definition) is 1. The van der Waals surface area contributed by atoms with E-state index in [1.165, 1.54) is 22.7 Å². The SMILES string of the molecule is CC(C)(C)N(C(=O)O)C1=NC2(c3cc([N+](=O)[O-])ccc3F)CCCCCC2CS1. The van der Waals surface area contributed by atoms with E-state index in [4.69, 9.17) is 4.99 Å². The maximum absolute atomic E-state index is 15.0. The molecule has 0 aromatic heterocycles. The van der Waals surface area contributed by atoms with Gasteiger partial charge in [-0.2, -0.15) is 0 Å². The van der Waals surface area contributed by atoms with Gasteiger partial charge < -0.3 is 5.11 Å². The molecule has 158 valence electrons. The lowest BCUT2D eigenvalue weighted by atomic mass is 9.75. The molecule has 0 bridgehead atoms. The van der Waals surface area contributed by atoms with Gasteiger partial charge in [0.15, 0.2) is 5.17 Å². The number of benzene rings is 1. The third-order valence-electron chi connectivity index (χ3n) is 5.68. The van der Waals surface area contributed by atoms with Crippen LogP contribution in [0.3, 0.4) is 0 Å². The normalized spacial score (nSPS) is 24.8. The predicted octanol–water partition coefficient (Wildman–Crippen LogP) is 5.39. The Morgan fingerprint density at radius 1 is 1.38 bits per heavy atom. The number of carbonyl (C=O) groups is 1. The number of fused-ring (bicyclic) bond motifs is 1. The molecule has 1 N–H and O–H groups in total. The topological polar surface area (TPSA) is 96.0 Å². The van der Waals surface area contributed by atoms with Gasteiger partial charge in [0, 0.05) is 29.0 Å². The second kappa shape index (κ2) is 7.93. The van der Waals surface area contributed by atoms with E-state index in [0.29, 0.717) is 17.3 Å². The van der Waals surface area contributed by atoms with Crippen LogP contribution in [-0.4, -0.2) is 37.5 Å². The van der Waals surface area contributed by atoms with Gasteiger partial charge in [-0.15, -0.1) is 0 Å². The van der Waals surface area contributed by atoms with Gasteiger partial charge in [-0.3, -0.25) is 20.0 Å². The molecule has 1 saturated carbocycles. The van der Waals surface area contributed by atoms with Crippen LogP contribution in [0.2, 0.25) is 0 Å². The third kappa shape index (κ3) is 4.10. The summed E-state index contributed by atoms with van der Waals surface area (Å²) in [6.07, 6.45) is 3.02. The standard InChI is InChI=1S/C20H26FN3O4S/c1-19(2,3)23(18(25)26)17-22-20(10-6-4-5-7-13(20)12-29-17)15-11-14(24(27)28)8-9-16(15)21/h8-9,11,13H,4-7,10,12H2,1-3H3,(H,25,26). The number of amidine groups is 1. The highest BCUT2D eigenvalue weighted by molar-refractivity contribution is 8.13. The number of halogens is 1. The first-order valence-corrected chi connectivity index (χ1v) is 10.7. The largest absolute Gasteiger partial charge is 0.465 e. The number of nitro groups is 1. The number of nitro benzene ring substituents is 1. The first-order valence-electron chi connectivity index (χ1n) is 9.76. The molecule has 1 fully saturated rings. The van der Waals surface area contributed by atoms with Crippen LogP contribution >= 0.6 is 11.8 Å². The molecule has 2 unspecified atom stereocenters. The fourth-order valence-corrected chi connectivity index (χ4v) is 5.80. The van der Waals surface area contributed by atoms with E-state index in [0.717, 1.165) is 37.8 Å². The zero-order valence-electron chi connectivity index (χ0n) is 16.9. The van der Waals surface area contributed by atoms with Gasteiger partial charge in [0.2, 0.25) is 0 Å². The molecular formula is C20H26FN3O4S. The molecule has 7 nitrogen and oxygen atoms in total. The zero-order valence-corrected chi connectivity index (χ0v) is 17.7. The van der Waals surface area contributed by atoms with E-state index in [2.05, 4.69) is 0 Å². The van der Waals surface area contributed by atoms with Crippen molar-refractivity contribution in [3.63, 3.8) is 0 Å². The van der Waals surface area contributed by atoms with Gasteiger partial charge >= 0.3 is 6.09 Å². The molecule has 1 aliphatic carbocycles. The van der Waals surface area contributed by atoms with E-state index in [1.54, 1.807) is 20.8 Å². The van der Waals surface area contributed by atoms with Gasteiger partial charge in [-0.25, -0.2) is 9.18 Å². The van der Waals surface area contributed by atoms with Gasteiger partial charge in [-0.1, -0.05) is 31.0 Å². The highest BCUT2D eigenvalue weighted by atomic mass is 32.2. The molecule has 1 amide bonds. The van der Waals surface area contributed by atoms with E-state index in [9.17, 15) is 20.0 Å². The Kier molecular flexibility index (Phi) is 5.89. The number of rotatable bonds is 2. The van der Waals surface area contributed by atoms with Crippen LogP contribution in [0.5, 0.6) is 0 Å². The Hall–Kier alpha value is -2.16. The lowest BCUT2D eigenvalue weighted by Gasteiger charge is -2.44. The summed E-state index contributed by atoms with van der Waals surface area (Å²) in [5.41, 5.74) is -1.70. The molecule has 3 rings (SSSR count). The number of nitrogens with zero attached hydrogens (tertiary/aromatic N) is 3. The lowest BCUT2D eigenvalue weighted by Crippen LogP contribution is -2.51. The van der Waals surface area contributed by atoms with Gasteiger partial charge in [-0.05, 0) is 45.6 Å². The van der Waals surface area contributed by atoms with Gasteiger partial charge in [0.1, 0.15) is 5.82 Å². The second-order valence-corrected chi connectivity index (χ2v) is 9.62. The zero-order chi connectivity index (χ0) is 21.4. The average Bonchev–Trinajstić information content (AvgIpc) is 2.83. The molecule has 29 heavy (non-hydrogen) atoms. The van der Waals surface area contributed by atoms with Crippen LogP contribution in [0, 0.1) is 21.8 Å². The van der Waals surface area contributed by atoms with E-state index >= 15 is 4.39 Å². The third-order valence-corrected chi connectivity index (χ3v) is 6.78. The Bertz CT molecular complexity index is 855. The van der Waals surface area contributed by atoms with E-state index in [-0.39, 0.29) is 17.2 Å². The molecule has 2 aliphatic rings. The van der Waals surface area contributed by atoms with Crippen molar-refractivity contribution < 1.29 is 19.2 Å². The fraction of sp³-hybridized carbons (Fsp3) is 0.600. The van der Waals surface area contributed by atoms with Crippen molar-refractivity contribution in [2.24, 2.45) is 10.9 Å². The fourth-order valence-electron chi connectivity index (χ4n) is 4.30. The van der Waals surface area contributed by atoms with E-state index < -0.39 is 27.9 Å². The number of aliphatic imine (C=N–C) groups is 1. The predicted molar refractivity (Wildman–Crippen MR) is 111 cm³/mol. The second-order valence-electron chi connectivity index (χ2n) is 8.64. The van der Waals surface area contributed by atoms with Crippen LogP contribution in [-0.2, 0) is 5.54 Å². The summed E-state index contributed by atoms with van der Waals surface area (Å²) in [6, 6.07) is 3.56. The number of hydrogen-bond acceptors (Lipinski definition) is 5. The van der Waals surface area contributed by atoms with Crippen molar-refractivity contribution in [1.82, 2.24) is 4.90 Å². The van der Waals surface area contributed by atoms with Crippen LogP contribution in [0.25, 0.3) is 0 Å². The molecule has 1 aromatic rings. The smallest absolute Gasteiger partial charge is 0.413 e. The minimum absolute atomic E-state index is 0.00846. The molecular weight excluding hydrogens is 397 g/mol.